The molecule has 6 rings (SSSR count). The molecule has 1 saturated heterocycles. The third-order valence-electron chi connectivity index (χ3n) is 9.65. The van der Waals surface area contributed by atoms with Crippen molar-refractivity contribution in [3.05, 3.63) is 106 Å². The van der Waals surface area contributed by atoms with Crippen LogP contribution in [0.3, 0.4) is 0 Å². The average molecular weight is 663 g/mol. The highest BCUT2D eigenvalue weighted by Crippen LogP contribution is 2.38. The van der Waals surface area contributed by atoms with Gasteiger partial charge < -0.3 is 15.1 Å². The summed E-state index contributed by atoms with van der Waals surface area (Å²) in [6.07, 6.45) is 8.39. The molecule has 260 valence electrons. The number of benzene rings is 3. The lowest BCUT2D eigenvalue weighted by Crippen LogP contribution is -2.67. The molecule has 1 aliphatic carbocycles. The molecule has 2 aliphatic heterocycles. The molecule has 2 heterocycles. The average Bonchev–Trinajstić information content (AvgIpc) is 3.13. The third-order valence-corrected chi connectivity index (χ3v) is 9.65. The Bertz CT molecular complexity index is 1590. The minimum Gasteiger partial charge on any atom is -0.354 e. The summed E-state index contributed by atoms with van der Waals surface area (Å²) in [5.41, 5.74) is 5.51. The minimum absolute atomic E-state index is 0.0686. The molecule has 3 amide bonds. The van der Waals surface area contributed by atoms with E-state index in [1.807, 2.05) is 63.2 Å². The first kappa shape index (κ1) is 37.4. The van der Waals surface area contributed by atoms with Gasteiger partial charge in [-0.2, -0.15) is 5.26 Å². The highest BCUT2D eigenvalue weighted by Gasteiger charge is 2.51. The van der Waals surface area contributed by atoms with Crippen LogP contribution in [-0.4, -0.2) is 46.1 Å². The Balaban J connectivity index is 0.00000103. The smallest absolute Gasteiger partial charge is 0.247 e. The van der Waals surface area contributed by atoms with E-state index in [2.05, 4.69) is 31.3 Å². The van der Waals surface area contributed by atoms with Gasteiger partial charge >= 0.3 is 0 Å². The van der Waals surface area contributed by atoms with Crippen LogP contribution in [0.1, 0.15) is 112 Å². The van der Waals surface area contributed by atoms with Crippen LogP contribution in [0.15, 0.2) is 72.8 Å². The number of fused-ring (bicyclic) bond motifs is 2. The molecule has 0 spiro atoms. The monoisotopic (exact) mass is 662 g/mol. The number of amides is 3. The van der Waals surface area contributed by atoms with Crippen LogP contribution < -0.4 is 5.32 Å². The van der Waals surface area contributed by atoms with E-state index in [9.17, 15) is 19.6 Å². The molecule has 3 atom stereocenters. The van der Waals surface area contributed by atoms with Gasteiger partial charge in [-0.05, 0) is 60.1 Å². The Morgan fingerprint density at radius 3 is 2.24 bits per heavy atom. The number of carbonyl (C=O) groups is 3. The first-order valence-electron chi connectivity index (χ1n) is 18.4. The zero-order valence-corrected chi connectivity index (χ0v) is 30.1. The van der Waals surface area contributed by atoms with Crippen molar-refractivity contribution in [3.8, 4) is 6.07 Å². The lowest BCUT2D eigenvalue weighted by atomic mass is 9.81. The van der Waals surface area contributed by atoms with E-state index in [0.717, 1.165) is 47.9 Å². The van der Waals surface area contributed by atoms with E-state index in [1.54, 1.807) is 34.1 Å². The van der Waals surface area contributed by atoms with Gasteiger partial charge in [0.1, 0.15) is 18.1 Å². The van der Waals surface area contributed by atoms with Crippen molar-refractivity contribution in [1.82, 2.24) is 15.1 Å². The third kappa shape index (κ3) is 9.17. The minimum atomic E-state index is -0.982. The lowest BCUT2D eigenvalue weighted by Gasteiger charge is -2.50. The van der Waals surface area contributed by atoms with E-state index >= 15 is 0 Å². The van der Waals surface area contributed by atoms with Gasteiger partial charge in [-0.3, -0.25) is 14.4 Å². The molecule has 2 fully saturated rings. The second-order valence-electron chi connectivity index (χ2n) is 13.3. The molecule has 1 saturated carbocycles. The number of carbonyl (C=O) groups excluding carboxylic acids is 3. The summed E-state index contributed by atoms with van der Waals surface area (Å²) in [4.78, 5) is 46.7. The topological polar surface area (TPSA) is 93.5 Å². The number of hydrogen-bond donors (Lipinski definition) is 1. The second kappa shape index (κ2) is 18.4. The van der Waals surface area contributed by atoms with Crippen LogP contribution >= 0.6 is 0 Å². The van der Waals surface area contributed by atoms with Crippen molar-refractivity contribution in [2.75, 3.05) is 6.54 Å². The number of hydrogen-bond acceptors (Lipinski definition) is 4. The molecule has 3 aromatic rings. The van der Waals surface area contributed by atoms with Gasteiger partial charge in [-0.15, -0.1) is 0 Å². The Morgan fingerprint density at radius 2 is 1.59 bits per heavy atom. The fraction of sp³-hybridized carbons (Fsp3) is 0.476. The van der Waals surface area contributed by atoms with E-state index in [4.69, 9.17) is 0 Å². The highest BCUT2D eigenvalue weighted by molar-refractivity contribution is 6.00. The SMILES string of the molecule is CC.CCC.Cc1cccc(CCNC(=O)C(c2ccc(C#N)cc2)N2C(=O)[C@@H]3Cc4ccccc4CN3C(=O)[C@@H]2CC2CCCCC2)c1. The van der Waals surface area contributed by atoms with Crippen LogP contribution in [0.25, 0.3) is 0 Å². The normalized spacial score (nSPS) is 19.2. The van der Waals surface area contributed by atoms with Crippen LogP contribution in [0.2, 0.25) is 0 Å². The van der Waals surface area contributed by atoms with Gasteiger partial charge in [0.25, 0.3) is 0 Å². The van der Waals surface area contributed by atoms with Gasteiger partial charge in [0.05, 0.1) is 11.6 Å². The van der Waals surface area contributed by atoms with Crippen LogP contribution in [0.4, 0.5) is 0 Å². The number of nitrogens with zero attached hydrogens (tertiary/aromatic N) is 3. The Labute approximate surface area is 293 Å². The first-order chi connectivity index (χ1) is 23.8. The fourth-order valence-electron chi connectivity index (χ4n) is 7.34. The molecular formula is C42H54N4O3. The Kier molecular flexibility index (Phi) is 14.0. The second-order valence-corrected chi connectivity index (χ2v) is 13.3. The van der Waals surface area contributed by atoms with E-state index in [1.165, 1.54) is 12.8 Å². The van der Waals surface area contributed by atoms with Crippen molar-refractivity contribution in [2.24, 2.45) is 5.92 Å². The largest absolute Gasteiger partial charge is 0.354 e. The number of rotatable bonds is 8. The molecule has 0 radical (unpaired) electrons. The van der Waals surface area contributed by atoms with Crippen molar-refractivity contribution >= 4 is 17.7 Å². The number of piperazine rings is 1. The quantitative estimate of drug-likeness (QED) is 0.266. The molecular weight excluding hydrogens is 608 g/mol. The summed E-state index contributed by atoms with van der Waals surface area (Å²) in [6.45, 7) is 11.1. The van der Waals surface area contributed by atoms with Gasteiger partial charge in [-0.25, -0.2) is 0 Å². The maximum absolute atomic E-state index is 14.6. The standard InChI is InChI=1S/C37H40N4O3.C3H8.C2H6/c1-25-8-7-11-27(20-25)18-19-39-35(42)34(29-16-14-28(23-38)15-17-29)41-33(21-26-9-3-2-4-10-26)36(43)40-24-31-13-6-5-12-30(31)22-32(40)37(41)44;1-3-2;1-2/h5-8,11-17,20,26,32-34H,2-4,9-10,18-19,21-22,24H2,1H3,(H,39,42);3H2,1-2H3;1-2H3/t32-,33-,34?;;/m0../s1. The summed E-state index contributed by atoms with van der Waals surface area (Å²) in [7, 11) is 0. The molecule has 7 heteroatoms. The van der Waals surface area contributed by atoms with Crippen LogP contribution in [0.5, 0.6) is 0 Å². The van der Waals surface area contributed by atoms with Crippen molar-refractivity contribution in [3.63, 3.8) is 0 Å². The molecule has 0 aromatic heterocycles. The molecule has 1 unspecified atom stereocenters. The van der Waals surface area contributed by atoms with Gasteiger partial charge in [0, 0.05) is 19.5 Å². The molecule has 49 heavy (non-hydrogen) atoms. The van der Waals surface area contributed by atoms with E-state index in [0.29, 0.717) is 49.4 Å². The predicted octanol–water partition coefficient (Wildman–Crippen LogP) is 7.84. The number of nitriles is 1. The summed E-state index contributed by atoms with van der Waals surface area (Å²) < 4.78 is 0. The molecule has 0 bridgehead atoms. The van der Waals surface area contributed by atoms with E-state index < -0.39 is 18.1 Å². The Morgan fingerprint density at radius 1 is 0.918 bits per heavy atom. The number of nitrogens with one attached hydrogen (secondary N) is 1. The first-order valence-corrected chi connectivity index (χ1v) is 18.4. The zero-order chi connectivity index (χ0) is 35.3. The highest BCUT2D eigenvalue weighted by atomic mass is 16.2. The van der Waals surface area contributed by atoms with Crippen molar-refractivity contribution in [1.29, 1.82) is 5.26 Å². The molecule has 1 N–H and O–H groups in total. The molecule has 3 aliphatic rings. The van der Waals surface area contributed by atoms with Crippen molar-refractivity contribution < 1.29 is 14.4 Å². The zero-order valence-electron chi connectivity index (χ0n) is 30.1. The molecule has 3 aromatic carbocycles. The van der Waals surface area contributed by atoms with Gasteiger partial charge in [-0.1, -0.05) is 132 Å². The summed E-state index contributed by atoms with van der Waals surface area (Å²) >= 11 is 0. The van der Waals surface area contributed by atoms with Gasteiger partial charge in [0.15, 0.2) is 0 Å². The van der Waals surface area contributed by atoms with E-state index in [-0.39, 0.29) is 17.7 Å². The maximum Gasteiger partial charge on any atom is 0.247 e. The predicted molar refractivity (Wildman–Crippen MR) is 195 cm³/mol. The van der Waals surface area contributed by atoms with Gasteiger partial charge in [0.2, 0.25) is 17.7 Å². The maximum atomic E-state index is 14.6. The Hall–Kier alpha value is -4.44. The van der Waals surface area contributed by atoms with Crippen molar-refractivity contribution in [2.45, 2.75) is 117 Å². The van der Waals surface area contributed by atoms with Crippen LogP contribution in [-0.2, 0) is 33.8 Å². The molecule has 7 nitrogen and oxygen atoms in total. The fourth-order valence-corrected chi connectivity index (χ4v) is 7.34. The summed E-state index contributed by atoms with van der Waals surface area (Å²) in [6, 6.07) is 22.8. The lowest BCUT2D eigenvalue weighted by molar-refractivity contribution is -0.169. The summed E-state index contributed by atoms with van der Waals surface area (Å²) in [5, 5.41) is 12.5. The number of aryl methyl sites for hydroxylation is 1. The van der Waals surface area contributed by atoms with Crippen LogP contribution in [0, 0.1) is 24.2 Å². The summed E-state index contributed by atoms with van der Waals surface area (Å²) in [5.74, 6) is -0.224.